The van der Waals surface area contributed by atoms with Crippen LogP contribution in [0.5, 0.6) is 0 Å². The molecule has 1 fully saturated rings. The lowest BCUT2D eigenvalue weighted by molar-refractivity contribution is 0.180. The van der Waals surface area contributed by atoms with Gasteiger partial charge >= 0.3 is 0 Å². The Bertz CT molecular complexity index is 545. The normalized spacial score (nSPS) is 18.0. The minimum atomic E-state index is -0.471. The molecule has 0 saturated heterocycles. The highest BCUT2D eigenvalue weighted by Crippen LogP contribution is 2.32. The Morgan fingerprint density at radius 1 is 1.42 bits per heavy atom. The lowest BCUT2D eigenvalue weighted by atomic mass is 10.2. The SMILES string of the molecule is OC(Cc1ccn(C2CCCC2)n1)c1sccc1Br. The van der Waals surface area contributed by atoms with E-state index in [1.807, 2.05) is 17.5 Å². The molecule has 2 aromatic heterocycles. The van der Waals surface area contributed by atoms with Crippen molar-refractivity contribution in [2.24, 2.45) is 0 Å². The zero-order chi connectivity index (χ0) is 13.2. The van der Waals surface area contributed by atoms with Crippen LogP contribution in [0.1, 0.15) is 48.4 Å². The molecule has 102 valence electrons. The van der Waals surface area contributed by atoms with Crippen molar-refractivity contribution in [3.63, 3.8) is 0 Å². The van der Waals surface area contributed by atoms with E-state index in [9.17, 15) is 5.11 Å². The Balaban J connectivity index is 1.68. The van der Waals surface area contributed by atoms with Crippen molar-refractivity contribution in [3.05, 3.63) is 38.8 Å². The lowest BCUT2D eigenvalue weighted by Gasteiger charge is -2.10. The molecule has 3 nitrogen and oxygen atoms in total. The lowest BCUT2D eigenvalue weighted by Crippen LogP contribution is -2.07. The van der Waals surface area contributed by atoms with E-state index in [4.69, 9.17) is 0 Å². The fourth-order valence-corrected chi connectivity index (χ4v) is 4.32. The van der Waals surface area contributed by atoms with Gasteiger partial charge < -0.3 is 5.11 Å². The molecule has 0 amide bonds. The molecular formula is C14H17BrN2OS. The molecule has 0 bridgehead atoms. The second-order valence-electron chi connectivity index (χ2n) is 5.08. The second kappa shape index (κ2) is 5.77. The van der Waals surface area contributed by atoms with Gasteiger partial charge in [0.2, 0.25) is 0 Å². The minimum Gasteiger partial charge on any atom is -0.387 e. The molecule has 1 atom stereocenters. The first-order chi connectivity index (χ1) is 9.24. The summed E-state index contributed by atoms with van der Waals surface area (Å²) in [6.45, 7) is 0. The number of aliphatic hydroxyl groups is 1. The third kappa shape index (κ3) is 2.93. The van der Waals surface area contributed by atoms with Gasteiger partial charge in [0.1, 0.15) is 0 Å². The molecule has 3 rings (SSSR count). The number of halogens is 1. The van der Waals surface area contributed by atoms with Crippen molar-refractivity contribution in [2.75, 3.05) is 0 Å². The van der Waals surface area contributed by atoms with Gasteiger partial charge in [-0.05, 0) is 46.3 Å². The molecule has 5 heteroatoms. The highest BCUT2D eigenvalue weighted by Gasteiger charge is 2.19. The van der Waals surface area contributed by atoms with E-state index in [0.29, 0.717) is 12.5 Å². The van der Waals surface area contributed by atoms with E-state index in [2.05, 4.69) is 31.9 Å². The maximum absolute atomic E-state index is 10.2. The molecule has 1 saturated carbocycles. The molecule has 1 N–H and O–H groups in total. The zero-order valence-corrected chi connectivity index (χ0v) is 13.0. The van der Waals surface area contributed by atoms with E-state index in [1.54, 1.807) is 11.3 Å². The summed E-state index contributed by atoms with van der Waals surface area (Å²) in [5.41, 5.74) is 0.972. The largest absolute Gasteiger partial charge is 0.387 e. The average Bonchev–Trinajstić information content (AvgIpc) is 3.07. The number of aliphatic hydroxyl groups excluding tert-OH is 1. The quantitative estimate of drug-likeness (QED) is 0.909. The van der Waals surface area contributed by atoms with Crippen LogP contribution >= 0.6 is 27.3 Å². The summed E-state index contributed by atoms with van der Waals surface area (Å²) >= 11 is 5.04. The topological polar surface area (TPSA) is 38.0 Å². The number of hydrogen-bond acceptors (Lipinski definition) is 3. The van der Waals surface area contributed by atoms with Gasteiger partial charge in [0.15, 0.2) is 0 Å². The van der Waals surface area contributed by atoms with Gasteiger partial charge in [0, 0.05) is 22.0 Å². The van der Waals surface area contributed by atoms with E-state index in [0.717, 1.165) is 15.0 Å². The van der Waals surface area contributed by atoms with Gasteiger partial charge in [-0.15, -0.1) is 11.3 Å². The van der Waals surface area contributed by atoms with Crippen LogP contribution in [-0.2, 0) is 6.42 Å². The predicted octanol–water partition coefficient (Wildman–Crippen LogP) is 4.10. The van der Waals surface area contributed by atoms with Crippen molar-refractivity contribution < 1.29 is 5.11 Å². The molecule has 0 radical (unpaired) electrons. The van der Waals surface area contributed by atoms with Gasteiger partial charge in [-0.2, -0.15) is 5.10 Å². The van der Waals surface area contributed by atoms with Crippen molar-refractivity contribution in [1.82, 2.24) is 9.78 Å². The summed E-state index contributed by atoms with van der Waals surface area (Å²) in [5.74, 6) is 0. The van der Waals surface area contributed by atoms with E-state index < -0.39 is 6.10 Å². The molecule has 1 aliphatic rings. The highest BCUT2D eigenvalue weighted by molar-refractivity contribution is 9.10. The van der Waals surface area contributed by atoms with E-state index >= 15 is 0 Å². The standard InChI is InChI=1S/C14H17BrN2OS/c15-12-6-8-19-14(12)13(18)9-10-5-7-17(16-10)11-3-1-2-4-11/h5-8,11,13,18H,1-4,9H2. The molecule has 19 heavy (non-hydrogen) atoms. The number of rotatable bonds is 4. The van der Waals surface area contributed by atoms with Crippen molar-refractivity contribution in [2.45, 2.75) is 44.2 Å². The Morgan fingerprint density at radius 3 is 2.89 bits per heavy atom. The monoisotopic (exact) mass is 340 g/mol. The second-order valence-corrected chi connectivity index (χ2v) is 6.88. The van der Waals surface area contributed by atoms with Gasteiger partial charge in [-0.3, -0.25) is 4.68 Å². The van der Waals surface area contributed by atoms with E-state index in [-0.39, 0.29) is 0 Å². The molecule has 0 aromatic carbocycles. The van der Waals surface area contributed by atoms with E-state index in [1.165, 1.54) is 25.7 Å². The third-order valence-corrected chi connectivity index (χ3v) is 5.68. The van der Waals surface area contributed by atoms with Gasteiger partial charge in [0.25, 0.3) is 0 Å². The van der Waals surface area contributed by atoms with Crippen LogP contribution in [0.25, 0.3) is 0 Å². The number of aromatic nitrogens is 2. The summed E-state index contributed by atoms with van der Waals surface area (Å²) in [4.78, 5) is 0.982. The Morgan fingerprint density at radius 2 is 2.21 bits per heavy atom. The average molecular weight is 341 g/mol. The van der Waals surface area contributed by atoms with Crippen molar-refractivity contribution >= 4 is 27.3 Å². The van der Waals surface area contributed by atoms with Crippen LogP contribution in [0.2, 0.25) is 0 Å². The maximum Gasteiger partial charge on any atom is 0.0949 e. The molecule has 0 aliphatic heterocycles. The molecule has 2 heterocycles. The number of hydrogen-bond donors (Lipinski definition) is 1. The minimum absolute atomic E-state index is 0.471. The molecule has 2 aromatic rings. The number of nitrogens with zero attached hydrogens (tertiary/aromatic N) is 2. The van der Waals surface area contributed by atoms with Crippen LogP contribution < -0.4 is 0 Å². The van der Waals surface area contributed by atoms with Gasteiger partial charge in [-0.1, -0.05) is 12.8 Å². The van der Waals surface area contributed by atoms with Crippen LogP contribution in [0.3, 0.4) is 0 Å². The van der Waals surface area contributed by atoms with Crippen LogP contribution in [-0.4, -0.2) is 14.9 Å². The molecular weight excluding hydrogens is 324 g/mol. The third-order valence-electron chi connectivity index (χ3n) is 3.71. The first kappa shape index (κ1) is 13.3. The smallest absolute Gasteiger partial charge is 0.0949 e. The highest BCUT2D eigenvalue weighted by atomic mass is 79.9. The van der Waals surface area contributed by atoms with Crippen LogP contribution in [0.15, 0.2) is 28.2 Å². The van der Waals surface area contributed by atoms with Crippen molar-refractivity contribution in [3.8, 4) is 0 Å². The Kier molecular flexibility index (Phi) is 4.05. The predicted molar refractivity (Wildman–Crippen MR) is 80.4 cm³/mol. The summed E-state index contributed by atoms with van der Waals surface area (Å²) in [5, 5.41) is 16.9. The Labute approximate surface area is 125 Å². The summed E-state index contributed by atoms with van der Waals surface area (Å²) < 4.78 is 3.07. The zero-order valence-electron chi connectivity index (χ0n) is 10.6. The first-order valence-corrected chi connectivity index (χ1v) is 8.36. The number of thiophene rings is 1. The molecule has 1 aliphatic carbocycles. The fourth-order valence-electron chi connectivity index (χ4n) is 2.69. The van der Waals surface area contributed by atoms with Crippen LogP contribution in [0.4, 0.5) is 0 Å². The first-order valence-electron chi connectivity index (χ1n) is 6.69. The maximum atomic E-state index is 10.2. The summed E-state index contributed by atoms with van der Waals surface area (Å²) in [6, 6.07) is 4.57. The van der Waals surface area contributed by atoms with Gasteiger partial charge in [-0.25, -0.2) is 0 Å². The fraction of sp³-hybridized carbons (Fsp3) is 0.500. The Hall–Kier alpha value is -0.650. The summed E-state index contributed by atoms with van der Waals surface area (Å²) in [7, 11) is 0. The van der Waals surface area contributed by atoms with Gasteiger partial charge in [0.05, 0.1) is 17.8 Å². The molecule has 0 spiro atoms. The summed E-state index contributed by atoms with van der Waals surface area (Å²) in [6.07, 6.45) is 7.26. The molecule has 1 unspecified atom stereocenters. The van der Waals surface area contributed by atoms with Crippen LogP contribution in [0, 0.1) is 0 Å². The van der Waals surface area contributed by atoms with Crippen molar-refractivity contribution in [1.29, 1.82) is 0 Å².